The number of hydrogen-bond acceptors (Lipinski definition) is 1. The summed E-state index contributed by atoms with van der Waals surface area (Å²) in [5, 5.41) is 4.59. The molecule has 0 aliphatic rings. The maximum Gasteiger partial charge on any atom is 0.00317 e. The number of benzene rings is 1. The first-order valence-corrected chi connectivity index (χ1v) is 6.86. The Hall–Kier alpha value is -0.340. The fraction of sp³-hybridized carbons (Fsp3) is 0.538. The van der Waals surface area contributed by atoms with Crippen molar-refractivity contribution in [3.05, 3.63) is 35.9 Å². The Balaban J connectivity index is 1.93. The van der Waals surface area contributed by atoms with E-state index in [1.54, 1.807) is 0 Å². The van der Waals surface area contributed by atoms with Gasteiger partial charge in [0.1, 0.15) is 0 Å². The molecule has 1 rings (SSSR count). The van der Waals surface area contributed by atoms with Gasteiger partial charge in [-0.05, 0) is 44.3 Å². The fourth-order valence-electron chi connectivity index (χ4n) is 1.53. The molecule has 0 saturated carbocycles. The van der Waals surface area contributed by atoms with Crippen LogP contribution in [0, 0.1) is 0 Å². The Morgan fingerprint density at radius 2 is 1.67 bits per heavy atom. The highest BCUT2D eigenvalue weighted by atomic mass is 79.9. The lowest BCUT2D eigenvalue weighted by Gasteiger charge is -2.04. The molecule has 15 heavy (non-hydrogen) atoms. The summed E-state index contributed by atoms with van der Waals surface area (Å²) < 4.78 is 0. The van der Waals surface area contributed by atoms with Crippen molar-refractivity contribution in [3.63, 3.8) is 0 Å². The Bertz CT molecular complexity index is 236. The van der Waals surface area contributed by atoms with Crippen LogP contribution in [0.25, 0.3) is 0 Å². The number of alkyl halides is 1. The largest absolute Gasteiger partial charge is 0.317 e. The summed E-state index contributed by atoms with van der Waals surface area (Å²) in [6.45, 7) is 2.29. The predicted octanol–water partition coefficient (Wildman–Crippen LogP) is 3.38. The van der Waals surface area contributed by atoms with Gasteiger partial charge in [-0.1, -0.05) is 46.3 Å². The summed E-state index contributed by atoms with van der Waals surface area (Å²) in [6, 6.07) is 10.7. The fourth-order valence-corrected chi connectivity index (χ4v) is 1.93. The zero-order chi connectivity index (χ0) is 10.8. The second-order valence-electron chi connectivity index (χ2n) is 3.74. The molecule has 0 saturated heterocycles. The number of rotatable bonds is 8. The molecule has 1 aromatic rings. The molecule has 1 aromatic carbocycles. The molecule has 0 atom stereocenters. The van der Waals surface area contributed by atoms with Crippen LogP contribution in [0.1, 0.15) is 24.8 Å². The van der Waals surface area contributed by atoms with Gasteiger partial charge in [0.05, 0.1) is 0 Å². The van der Waals surface area contributed by atoms with E-state index in [1.807, 2.05) is 0 Å². The maximum atomic E-state index is 3.47. The second kappa shape index (κ2) is 8.93. The van der Waals surface area contributed by atoms with E-state index in [9.17, 15) is 0 Å². The van der Waals surface area contributed by atoms with E-state index in [4.69, 9.17) is 0 Å². The van der Waals surface area contributed by atoms with Crippen molar-refractivity contribution < 1.29 is 0 Å². The summed E-state index contributed by atoms with van der Waals surface area (Å²) in [6.07, 6.45) is 4.97. The minimum Gasteiger partial charge on any atom is -0.317 e. The van der Waals surface area contributed by atoms with E-state index in [2.05, 4.69) is 51.6 Å². The smallest absolute Gasteiger partial charge is 0.00317 e. The second-order valence-corrected chi connectivity index (χ2v) is 4.53. The van der Waals surface area contributed by atoms with Crippen molar-refractivity contribution in [3.8, 4) is 0 Å². The molecular weight excluding hydrogens is 250 g/mol. The van der Waals surface area contributed by atoms with Crippen LogP contribution in [-0.4, -0.2) is 18.4 Å². The lowest BCUT2D eigenvalue weighted by molar-refractivity contribution is 0.619. The Morgan fingerprint density at radius 3 is 2.40 bits per heavy atom. The standard InChI is InChI=1S/C13H20BrN/c14-10-4-5-11-15-12-6-9-13-7-2-1-3-8-13/h1-3,7-8,15H,4-6,9-12H2. The zero-order valence-electron chi connectivity index (χ0n) is 9.21. The summed E-state index contributed by atoms with van der Waals surface area (Å²) in [5.74, 6) is 0. The average Bonchev–Trinajstić information content (AvgIpc) is 2.29. The van der Waals surface area contributed by atoms with Gasteiger partial charge in [0.2, 0.25) is 0 Å². The highest BCUT2D eigenvalue weighted by Crippen LogP contribution is 2.01. The number of nitrogens with one attached hydrogen (secondary N) is 1. The van der Waals surface area contributed by atoms with Gasteiger partial charge in [-0.15, -0.1) is 0 Å². The first-order valence-electron chi connectivity index (χ1n) is 5.74. The molecule has 84 valence electrons. The van der Waals surface area contributed by atoms with Gasteiger partial charge in [0.15, 0.2) is 0 Å². The zero-order valence-corrected chi connectivity index (χ0v) is 10.8. The van der Waals surface area contributed by atoms with E-state index in [0.717, 1.165) is 18.4 Å². The first-order chi connectivity index (χ1) is 7.43. The summed E-state index contributed by atoms with van der Waals surface area (Å²) in [7, 11) is 0. The van der Waals surface area contributed by atoms with Gasteiger partial charge in [-0.3, -0.25) is 0 Å². The Kier molecular flexibility index (Phi) is 7.58. The van der Waals surface area contributed by atoms with Crippen molar-refractivity contribution in [1.82, 2.24) is 5.32 Å². The maximum absolute atomic E-state index is 3.47. The topological polar surface area (TPSA) is 12.0 Å². The van der Waals surface area contributed by atoms with Crippen LogP contribution in [-0.2, 0) is 6.42 Å². The monoisotopic (exact) mass is 269 g/mol. The molecule has 0 bridgehead atoms. The first kappa shape index (κ1) is 12.7. The van der Waals surface area contributed by atoms with Crippen LogP contribution in [0.3, 0.4) is 0 Å². The van der Waals surface area contributed by atoms with Crippen LogP contribution in [0.2, 0.25) is 0 Å². The highest BCUT2D eigenvalue weighted by Gasteiger charge is 1.91. The lowest BCUT2D eigenvalue weighted by atomic mass is 10.1. The quantitative estimate of drug-likeness (QED) is 0.564. The molecule has 0 unspecified atom stereocenters. The Morgan fingerprint density at radius 1 is 0.933 bits per heavy atom. The molecular formula is C13H20BrN. The van der Waals surface area contributed by atoms with Crippen LogP contribution in [0.15, 0.2) is 30.3 Å². The normalized spacial score (nSPS) is 10.5. The van der Waals surface area contributed by atoms with Crippen LogP contribution in [0.5, 0.6) is 0 Å². The molecule has 2 heteroatoms. The molecule has 0 aliphatic carbocycles. The summed E-state index contributed by atoms with van der Waals surface area (Å²) >= 11 is 3.44. The van der Waals surface area contributed by atoms with Gasteiger partial charge in [-0.2, -0.15) is 0 Å². The minimum atomic E-state index is 1.12. The van der Waals surface area contributed by atoms with Crippen LogP contribution < -0.4 is 5.32 Å². The molecule has 0 fully saturated rings. The number of aryl methyl sites for hydroxylation is 1. The molecule has 1 nitrogen and oxygen atoms in total. The van der Waals surface area contributed by atoms with Gasteiger partial charge in [0.25, 0.3) is 0 Å². The molecule has 1 N–H and O–H groups in total. The molecule has 0 aliphatic heterocycles. The third-order valence-corrected chi connectivity index (χ3v) is 2.96. The molecule has 0 aromatic heterocycles. The van der Waals surface area contributed by atoms with E-state index < -0.39 is 0 Å². The molecule has 0 amide bonds. The third kappa shape index (κ3) is 6.69. The molecule has 0 heterocycles. The highest BCUT2D eigenvalue weighted by molar-refractivity contribution is 9.09. The number of unbranched alkanes of at least 4 members (excludes halogenated alkanes) is 1. The minimum absolute atomic E-state index is 1.12. The summed E-state index contributed by atoms with van der Waals surface area (Å²) in [5.41, 5.74) is 1.44. The van der Waals surface area contributed by atoms with Crippen LogP contribution >= 0.6 is 15.9 Å². The van der Waals surface area contributed by atoms with E-state index in [0.29, 0.717) is 0 Å². The lowest BCUT2D eigenvalue weighted by Crippen LogP contribution is -2.17. The Labute approximate surface area is 101 Å². The molecule has 0 radical (unpaired) electrons. The number of halogens is 1. The number of hydrogen-bond donors (Lipinski definition) is 1. The van der Waals surface area contributed by atoms with Gasteiger partial charge in [-0.25, -0.2) is 0 Å². The van der Waals surface area contributed by atoms with Gasteiger partial charge >= 0.3 is 0 Å². The van der Waals surface area contributed by atoms with Crippen molar-refractivity contribution in [1.29, 1.82) is 0 Å². The van der Waals surface area contributed by atoms with Crippen LogP contribution in [0.4, 0.5) is 0 Å². The van der Waals surface area contributed by atoms with Gasteiger partial charge in [0, 0.05) is 5.33 Å². The van der Waals surface area contributed by atoms with E-state index in [-0.39, 0.29) is 0 Å². The van der Waals surface area contributed by atoms with E-state index in [1.165, 1.54) is 31.2 Å². The summed E-state index contributed by atoms with van der Waals surface area (Å²) in [4.78, 5) is 0. The van der Waals surface area contributed by atoms with E-state index >= 15 is 0 Å². The predicted molar refractivity (Wildman–Crippen MR) is 70.7 cm³/mol. The average molecular weight is 270 g/mol. The van der Waals surface area contributed by atoms with Gasteiger partial charge < -0.3 is 5.32 Å². The van der Waals surface area contributed by atoms with Crippen molar-refractivity contribution in [2.45, 2.75) is 25.7 Å². The third-order valence-electron chi connectivity index (χ3n) is 2.40. The molecule has 0 spiro atoms. The van der Waals surface area contributed by atoms with Crippen molar-refractivity contribution >= 4 is 15.9 Å². The SMILES string of the molecule is BrCCCCNCCCc1ccccc1. The van der Waals surface area contributed by atoms with Crippen molar-refractivity contribution in [2.75, 3.05) is 18.4 Å². The van der Waals surface area contributed by atoms with Crippen molar-refractivity contribution in [2.24, 2.45) is 0 Å².